The molecule has 8 heteroatoms. The third-order valence-electron chi connectivity index (χ3n) is 2.57. The summed E-state index contributed by atoms with van der Waals surface area (Å²) in [6.45, 7) is 4.67. The molecule has 0 aliphatic rings. The van der Waals surface area contributed by atoms with Crippen molar-refractivity contribution in [2.75, 3.05) is 13.2 Å². The van der Waals surface area contributed by atoms with Crippen molar-refractivity contribution in [3.63, 3.8) is 0 Å². The van der Waals surface area contributed by atoms with Crippen molar-refractivity contribution in [1.82, 2.24) is 4.31 Å². The summed E-state index contributed by atoms with van der Waals surface area (Å²) in [5.41, 5.74) is 0. The Morgan fingerprint density at radius 1 is 1.47 bits per heavy atom. The highest BCUT2D eigenvalue weighted by molar-refractivity contribution is 7.89. The second-order valence-electron chi connectivity index (χ2n) is 4.27. The van der Waals surface area contributed by atoms with E-state index in [0.717, 1.165) is 15.6 Å². The zero-order valence-electron chi connectivity index (χ0n) is 11.0. The second-order valence-corrected chi connectivity index (χ2v) is 7.38. The first-order valence-corrected chi connectivity index (χ1v) is 7.94. The van der Waals surface area contributed by atoms with Crippen LogP contribution in [-0.4, -0.2) is 48.1 Å². The minimum Gasteiger partial charge on any atom is -0.477 e. The van der Waals surface area contributed by atoms with Gasteiger partial charge in [0, 0.05) is 17.5 Å². The van der Waals surface area contributed by atoms with Gasteiger partial charge in [0.2, 0.25) is 10.0 Å². The molecule has 0 unspecified atom stereocenters. The number of aliphatic hydroxyl groups is 1. The Kier molecular flexibility index (Phi) is 5.08. The maximum absolute atomic E-state index is 12.4. The number of hydrogen-bond donors (Lipinski definition) is 2. The third kappa shape index (κ3) is 3.33. The summed E-state index contributed by atoms with van der Waals surface area (Å²) in [4.78, 5) is 11.3. The van der Waals surface area contributed by atoms with Gasteiger partial charge in [-0.15, -0.1) is 11.3 Å². The molecule has 1 aromatic rings. The van der Waals surface area contributed by atoms with Crippen LogP contribution in [0.5, 0.6) is 0 Å². The molecule has 19 heavy (non-hydrogen) atoms. The molecule has 0 bridgehead atoms. The number of carboxylic acid groups (broad SMARTS) is 1. The number of sulfonamides is 1. The van der Waals surface area contributed by atoms with Gasteiger partial charge in [-0.05, 0) is 26.8 Å². The molecule has 0 aliphatic carbocycles. The van der Waals surface area contributed by atoms with Gasteiger partial charge in [0.05, 0.1) is 11.5 Å². The normalized spacial score (nSPS) is 12.3. The standard InChI is InChI=1S/C11H17NO5S2/c1-7(2)12(4-5-13)19(16,17)10-6-9(11(14)15)18-8(10)3/h6-7,13H,4-5H2,1-3H3,(H,14,15). The summed E-state index contributed by atoms with van der Waals surface area (Å²) >= 11 is 0.929. The topological polar surface area (TPSA) is 94.9 Å². The Bertz CT molecular complexity index is 562. The van der Waals surface area contributed by atoms with Crippen molar-refractivity contribution in [1.29, 1.82) is 0 Å². The molecule has 0 saturated heterocycles. The van der Waals surface area contributed by atoms with Crippen molar-refractivity contribution in [2.24, 2.45) is 0 Å². The first-order valence-electron chi connectivity index (χ1n) is 5.68. The number of nitrogens with zero attached hydrogens (tertiary/aromatic N) is 1. The number of carboxylic acids is 1. The zero-order chi connectivity index (χ0) is 14.8. The highest BCUT2D eigenvalue weighted by Crippen LogP contribution is 2.29. The van der Waals surface area contributed by atoms with E-state index in [4.69, 9.17) is 10.2 Å². The van der Waals surface area contributed by atoms with Crippen molar-refractivity contribution in [3.8, 4) is 0 Å². The molecule has 1 aromatic heterocycles. The van der Waals surface area contributed by atoms with E-state index < -0.39 is 16.0 Å². The first-order chi connectivity index (χ1) is 8.71. The average Bonchev–Trinajstić information content (AvgIpc) is 2.68. The van der Waals surface area contributed by atoms with Gasteiger partial charge in [0.1, 0.15) is 4.88 Å². The Balaban J connectivity index is 3.29. The molecule has 0 radical (unpaired) electrons. The van der Waals surface area contributed by atoms with E-state index in [1.54, 1.807) is 20.8 Å². The molecular formula is C11H17NO5S2. The van der Waals surface area contributed by atoms with E-state index in [9.17, 15) is 13.2 Å². The Morgan fingerprint density at radius 2 is 2.05 bits per heavy atom. The lowest BCUT2D eigenvalue weighted by Gasteiger charge is -2.24. The summed E-state index contributed by atoms with van der Waals surface area (Å²) in [6.07, 6.45) is 0. The zero-order valence-corrected chi connectivity index (χ0v) is 12.6. The minimum absolute atomic E-state index is 0.00273. The number of thiophene rings is 1. The van der Waals surface area contributed by atoms with Gasteiger partial charge in [0.15, 0.2) is 0 Å². The van der Waals surface area contributed by atoms with Crippen LogP contribution in [-0.2, 0) is 10.0 Å². The van der Waals surface area contributed by atoms with E-state index in [1.807, 2.05) is 0 Å². The maximum Gasteiger partial charge on any atom is 0.345 e. The lowest BCUT2D eigenvalue weighted by Crippen LogP contribution is -2.39. The number of hydrogen-bond acceptors (Lipinski definition) is 5. The first kappa shape index (κ1) is 16.1. The predicted octanol–water partition coefficient (Wildman–Crippen LogP) is 1.15. The monoisotopic (exact) mass is 307 g/mol. The van der Waals surface area contributed by atoms with Gasteiger partial charge in [-0.2, -0.15) is 4.31 Å². The van der Waals surface area contributed by atoms with Crippen LogP contribution in [0, 0.1) is 6.92 Å². The van der Waals surface area contributed by atoms with Gasteiger partial charge in [0.25, 0.3) is 0 Å². The molecule has 6 nitrogen and oxygen atoms in total. The molecule has 0 atom stereocenters. The van der Waals surface area contributed by atoms with Crippen LogP contribution in [0.2, 0.25) is 0 Å². The van der Waals surface area contributed by atoms with E-state index >= 15 is 0 Å². The second kappa shape index (κ2) is 6.00. The Labute approximate surface area is 116 Å². The highest BCUT2D eigenvalue weighted by Gasteiger charge is 2.30. The lowest BCUT2D eigenvalue weighted by molar-refractivity contribution is 0.0702. The summed E-state index contributed by atoms with van der Waals surface area (Å²) in [5.74, 6) is -1.15. The molecule has 0 aliphatic heterocycles. The summed E-state index contributed by atoms with van der Waals surface area (Å²) in [7, 11) is -3.79. The summed E-state index contributed by atoms with van der Waals surface area (Å²) in [6, 6.07) is 0.856. The predicted molar refractivity (Wildman–Crippen MR) is 72.1 cm³/mol. The van der Waals surface area contributed by atoms with E-state index in [1.165, 1.54) is 6.07 Å². The largest absolute Gasteiger partial charge is 0.477 e. The molecule has 0 spiro atoms. The van der Waals surface area contributed by atoms with Crippen molar-refractivity contribution < 1.29 is 23.4 Å². The molecule has 1 rings (SSSR count). The van der Waals surface area contributed by atoms with Crippen LogP contribution in [0.25, 0.3) is 0 Å². The quantitative estimate of drug-likeness (QED) is 0.822. The van der Waals surface area contributed by atoms with Crippen LogP contribution >= 0.6 is 11.3 Å². The van der Waals surface area contributed by atoms with Crippen LogP contribution in [0.1, 0.15) is 28.4 Å². The highest BCUT2D eigenvalue weighted by atomic mass is 32.2. The van der Waals surface area contributed by atoms with Gasteiger partial charge in [-0.1, -0.05) is 0 Å². The van der Waals surface area contributed by atoms with E-state index in [2.05, 4.69) is 0 Å². The molecule has 0 amide bonds. The molecule has 108 valence electrons. The SMILES string of the molecule is Cc1sc(C(=O)O)cc1S(=O)(=O)N(CCO)C(C)C. The van der Waals surface area contributed by atoms with Gasteiger partial charge in [-0.25, -0.2) is 13.2 Å². The van der Waals surface area contributed by atoms with Crippen molar-refractivity contribution >= 4 is 27.3 Å². The number of carbonyl (C=O) groups is 1. The fourth-order valence-corrected chi connectivity index (χ4v) is 4.74. The molecule has 2 N–H and O–H groups in total. The smallest absolute Gasteiger partial charge is 0.345 e. The fraction of sp³-hybridized carbons (Fsp3) is 0.545. The number of aryl methyl sites for hydroxylation is 1. The Morgan fingerprint density at radius 3 is 2.42 bits per heavy atom. The molecule has 0 saturated carbocycles. The fourth-order valence-electron chi connectivity index (χ4n) is 1.71. The van der Waals surface area contributed by atoms with Crippen molar-refractivity contribution in [2.45, 2.75) is 31.7 Å². The van der Waals surface area contributed by atoms with E-state index in [0.29, 0.717) is 4.88 Å². The summed E-state index contributed by atoms with van der Waals surface area (Å²) in [5, 5.41) is 17.9. The van der Waals surface area contributed by atoms with Crippen LogP contribution < -0.4 is 0 Å². The van der Waals surface area contributed by atoms with Crippen LogP contribution in [0.3, 0.4) is 0 Å². The molecule has 0 fully saturated rings. The third-order valence-corrected chi connectivity index (χ3v) is 5.94. The van der Waals surface area contributed by atoms with Gasteiger partial charge >= 0.3 is 5.97 Å². The molecular weight excluding hydrogens is 290 g/mol. The van der Waals surface area contributed by atoms with Crippen molar-refractivity contribution in [3.05, 3.63) is 15.8 Å². The Hall–Kier alpha value is -0.960. The van der Waals surface area contributed by atoms with Gasteiger partial charge in [-0.3, -0.25) is 0 Å². The van der Waals surface area contributed by atoms with Crippen LogP contribution in [0.15, 0.2) is 11.0 Å². The van der Waals surface area contributed by atoms with E-state index in [-0.39, 0.29) is 29.0 Å². The van der Waals surface area contributed by atoms with Gasteiger partial charge < -0.3 is 10.2 Å². The summed E-state index contributed by atoms with van der Waals surface area (Å²) < 4.78 is 26.1. The number of aromatic carboxylic acids is 1. The molecule has 1 heterocycles. The maximum atomic E-state index is 12.4. The molecule has 0 aromatic carbocycles. The lowest BCUT2D eigenvalue weighted by atomic mass is 10.4. The van der Waals surface area contributed by atoms with Crippen LogP contribution in [0.4, 0.5) is 0 Å². The number of aliphatic hydroxyl groups excluding tert-OH is 1. The number of rotatable bonds is 6. The minimum atomic E-state index is -3.79. The average molecular weight is 307 g/mol.